The minimum absolute atomic E-state index is 0.0752. The molecule has 0 bridgehead atoms. The van der Waals surface area contributed by atoms with Crippen molar-refractivity contribution in [1.29, 1.82) is 0 Å². The molecule has 1 heterocycles. The van der Waals surface area contributed by atoms with Crippen molar-refractivity contribution in [3.05, 3.63) is 75.7 Å². The van der Waals surface area contributed by atoms with Gasteiger partial charge in [0.25, 0.3) is 17.5 Å². The highest BCUT2D eigenvalue weighted by Crippen LogP contribution is 2.21. The van der Waals surface area contributed by atoms with Gasteiger partial charge in [0.05, 0.1) is 4.92 Å². The van der Waals surface area contributed by atoms with Crippen molar-refractivity contribution in [2.75, 3.05) is 12.0 Å². The van der Waals surface area contributed by atoms with Crippen LogP contribution in [0.2, 0.25) is 0 Å². The molecular formula is C24H26N4O6S. The first-order valence-corrected chi connectivity index (χ1v) is 12.3. The first-order chi connectivity index (χ1) is 16.8. The fourth-order valence-electron chi connectivity index (χ4n) is 3.17. The van der Waals surface area contributed by atoms with E-state index >= 15 is 0 Å². The maximum atomic E-state index is 12.7. The predicted molar refractivity (Wildman–Crippen MR) is 131 cm³/mol. The molecule has 2 aromatic carbocycles. The Balaban J connectivity index is 1.63. The second-order valence-corrected chi connectivity index (χ2v) is 9.00. The standard InChI is InChI=1S/C24H26N4O6S/c1-15(2)16-7-9-17(10-8-16)22-26-21(34-27-22)14-33-24(30)20(11-12-35-3)25-23(29)18-5-4-6-19(13-18)28(31)32/h4-10,13,15,20H,11-12,14H2,1-3H3,(H,25,29). The van der Waals surface area contributed by atoms with Crippen molar-refractivity contribution in [1.82, 2.24) is 15.5 Å². The van der Waals surface area contributed by atoms with E-state index < -0.39 is 22.8 Å². The Morgan fingerprint density at radius 2 is 1.94 bits per heavy atom. The zero-order chi connectivity index (χ0) is 25.4. The zero-order valence-corrected chi connectivity index (χ0v) is 20.4. The second-order valence-electron chi connectivity index (χ2n) is 8.01. The van der Waals surface area contributed by atoms with E-state index in [1.165, 1.54) is 35.5 Å². The van der Waals surface area contributed by atoms with Gasteiger partial charge in [-0.2, -0.15) is 16.7 Å². The number of hydrogen-bond acceptors (Lipinski definition) is 9. The highest BCUT2D eigenvalue weighted by molar-refractivity contribution is 7.98. The fraction of sp³-hybridized carbons (Fsp3) is 0.333. The van der Waals surface area contributed by atoms with Crippen molar-refractivity contribution in [2.24, 2.45) is 0 Å². The highest BCUT2D eigenvalue weighted by Gasteiger charge is 2.24. The van der Waals surface area contributed by atoms with Crippen LogP contribution in [0.15, 0.2) is 53.1 Å². The summed E-state index contributed by atoms with van der Waals surface area (Å²) in [6.45, 7) is 3.96. The Hall–Kier alpha value is -3.73. The van der Waals surface area contributed by atoms with E-state index in [2.05, 4.69) is 29.3 Å². The van der Waals surface area contributed by atoms with Crippen molar-refractivity contribution >= 4 is 29.3 Å². The molecule has 11 heteroatoms. The molecule has 10 nitrogen and oxygen atoms in total. The molecule has 1 atom stereocenters. The number of nitrogens with zero attached hydrogens (tertiary/aromatic N) is 3. The van der Waals surface area contributed by atoms with Crippen LogP contribution in [-0.4, -0.2) is 45.0 Å². The number of carbonyl (C=O) groups excluding carboxylic acids is 2. The number of non-ortho nitro benzene ring substituents is 1. The van der Waals surface area contributed by atoms with E-state index in [4.69, 9.17) is 9.26 Å². The van der Waals surface area contributed by atoms with E-state index in [9.17, 15) is 19.7 Å². The monoisotopic (exact) mass is 498 g/mol. The number of nitrogens with one attached hydrogen (secondary N) is 1. The van der Waals surface area contributed by atoms with Gasteiger partial charge >= 0.3 is 5.97 Å². The van der Waals surface area contributed by atoms with Gasteiger partial charge in [-0.1, -0.05) is 49.3 Å². The highest BCUT2D eigenvalue weighted by atomic mass is 32.2. The molecule has 1 unspecified atom stereocenters. The number of nitro benzene ring substituents is 1. The van der Waals surface area contributed by atoms with Gasteiger partial charge in [-0.25, -0.2) is 4.79 Å². The van der Waals surface area contributed by atoms with Crippen LogP contribution in [0.5, 0.6) is 0 Å². The number of esters is 1. The van der Waals surface area contributed by atoms with Gasteiger partial charge < -0.3 is 14.6 Å². The smallest absolute Gasteiger partial charge is 0.329 e. The van der Waals surface area contributed by atoms with Crippen LogP contribution in [-0.2, 0) is 16.1 Å². The van der Waals surface area contributed by atoms with E-state index in [0.29, 0.717) is 23.9 Å². The minimum atomic E-state index is -0.944. The molecule has 0 fully saturated rings. The molecule has 3 aromatic rings. The van der Waals surface area contributed by atoms with Crippen LogP contribution in [0.4, 0.5) is 5.69 Å². The number of benzene rings is 2. The van der Waals surface area contributed by atoms with Crippen LogP contribution in [0, 0.1) is 10.1 Å². The topological polar surface area (TPSA) is 137 Å². The van der Waals surface area contributed by atoms with Crippen molar-refractivity contribution in [3.8, 4) is 11.4 Å². The van der Waals surface area contributed by atoms with Crippen molar-refractivity contribution in [3.63, 3.8) is 0 Å². The predicted octanol–water partition coefficient (Wildman–Crippen LogP) is 4.36. The Morgan fingerprint density at radius 3 is 2.60 bits per heavy atom. The molecule has 0 aliphatic carbocycles. The molecule has 0 spiro atoms. The lowest BCUT2D eigenvalue weighted by Gasteiger charge is -2.16. The normalized spacial score (nSPS) is 11.8. The molecule has 0 saturated carbocycles. The van der Waals surface area contributed by atoms with Crippen LogP contribution < -0.4 is 5.32 Å². The first-order valence-electron chi connectivity index (χ1n) is 10.9. The number of rotatable bonds is 11. The molecule has 1 N–H and O–H groups in total. The summed E-state index contributed by atoms with van der Waals surface area (Å²) in [5.41, 5.74) is 1.82. The molecule has 35 heavy (non-hydrogen) atoms. The van der Waals surface area contributed by atoms with E-state index in [1.54, 1.807) is 0 Å². The minimum Gasteiger partial charge on any atom is -0.454 e. The Bertz CT molecular complexity index is 1180. The third-order valence-electron chi connectivity index (χ3n) is 5.16. The Morgan fingerprint density at radius 1 is 1.20 bits per heavy atom. The summed E-state index contributed by atoms with van der Waals surface area (Å²) in [5, 5.41) is 17.5. The lowest BCUT2D eigenvalue weighted by atomic mass is 10.0. The molecule has 184 valence electrons. The van der Waals surface area contributed by atoms with E-state index in [0.717, 1.165) is 11.6 Å². The Labute approximate surface area is 206 Å². The summed E-state index contributed by atoms with van der Waals surface area (Å²) in [4.78, 5) is 40.0. The van der Waals surface area contributed by atoms with Gasteiger partial charge in [-0.3, -0.25) is 14.9 Å². The van der Waals surface area contributed by atoms with Crippen LogP contribution in [0.25, 0.3) is 11.4 Å². The second kappa shape index (κ2) is 12.1. The molecular weight excluding hydrogens is 472 g/mol. The number of thioether (sulfide) groups is 1. The van der Waals surface area contributed by atoms with Crippen molar-refractivity contribution in [2.45, 2.75) is 38.8 Å². The lowest BCUT2D eigenvalue weighted by Crippen LogP contribution is -2.42. The van der Waals surface area contributed by atoms with Gasteiger partial charge in [0.2, 0.25) is 5.82 Å². The number of nitro groups is 1. The molecule has 0 aliphatic rings. The number of carbonyl (C=O) groups is 2. The van der Waals surface area contributed by atoms with Crippen LogP contribution in [0.3, 0.4) is 0 Å². The van der Waals surface area contributed by atoms with Gasteiger partial charge in [0.15, 0.2) is 6.61 Å². The lowest BCUT2D eigenvalue weighted by molar-refractivity contribution is -0.384. The largest absolute Gasteiger partial charge is 0.454 e. The van der Waals surface area contributed by atoms with Gasteiger partial charge in [0.1, 0.15) is 6.04 Å². The molecule has 1 aromatic heterocycles. The van der Waals surface area contributed by atoms with E-state index in [-0.39, 0.29) is 23.7 Å². The average Bonchev–Trinajstić information content (AvgIpc) is 3.34. The van der Waals surface area contributed by atoms with Gasteiger partial charge in [0, 0.05) is 23.3 Å². The quantitative estimate of drug-likeness (QED) is 0.232. The fourth-order valence-corrected chi connectivity index (χ4v) is 3.64. The van der Waals surface area contributed by atoms with E-state index in [1.807, 2.05) is 30.5 Å². The summed E-state index contributed by atoms with van der Waals surface area (Å²) < 4.78 is 10.5. The summed E-state index contributed by atoms with van der Waals surface area (Å²) >= 11 is 1.51. The maximum Gasteiger partial charge on any atom is 0.329 e. The summed E-state index contributed by atoms with van der Waals surface area (Å²) in [5.74, 6) is 0.215. The first kappa shape index (κ1) is 25.9. The van der Waals surface area contributed by atoms with Crippen molar-refractivity contribution < 1.29 is 23.8 Å². The summed E-state index contributed by atoms with van der Waals surface area (Å²) in [6.07, 6.45) is 2.19. The maximum absolute atomic E-state index is 12.7. The Kier molecular flexibility index (Phi) is 8.96. The summed E-state index contributed by atoms with van der Waals surface area (Å²) in [7, 11) is 0. The third kappa shape index (κ3) is 7.12. The summed E-state index contributed by atoms with van der Waals surface area (Å²) in [6, 6.07) is 12.1. The SMILES string of the molecule is CSCCC(NC(=O)c1cccc([N+](=O)[O-])c1)C(=O)OCc1nc(-c2ccc(C(C)C)cc2)no1. The van der Waals surface area contributed by atoms with Gasteiger partial charge in [-0.05, 0) is 36.0 Å². The molecule has 0 radical (unpaired) electrons. The zero-order valence-electron chi connectivity index (χ0n) is 19.6. The van der Waals surface area contributed by atoms with Crippen LogP contribution in [0.1, 0.15) is 48.0 Å². The molecule has 3 rings (SSSR count). The average molecular weight is 499 g/mol. The molecule has 1 amide bonds. The molecule has 0 saturated heterocycles. The third-order valence-corrected chi connectivity index (χ3v) is 5.81. The van der Waals surface area contributed by atoms with Gasteiger partial charge in [-0.15, -0.1) is 0 Å². The molecule has 0 aliphatic heterocycles. The number of hydrogen-bond donors (Lipinski definition) is 1. The number of ether oxygens (including phenoxy) is 1. The number of aromatic nitrogens is 2. The number of amides is 1. The van der Waals surface area contributed by atoms with Crippen LogP contribution >= 0.6 is 11.8 Å².